The largest absolute Gasteiger partial charge is 0.463 e. The second-order valence-electron chi connectivity index (χ2n) is 10.6. The molecule has 4 aromatic rings. The average Bonchev–Trinajstić information content (AvgIpc) is 3.54. The van der Waals surface area contributed by atoms with Gasteiger partial charge in [-0.1, -0.05) is 67.4 Å². The molecule has 1 unspecified atom stereocenters. The molecule has 1 fully saturated rings. The number of esters is 2. The Morgan fingerprint density at radius 3 is 2.38 bits per heavy atom. The van der Waals surface area contributed by atoms with Gasteiger partial charge in [0.05, 0.1) is 18.0 Å². The molecule has 3 heterocycles. The van der Waals surface area contributed by atoms with Crippen molar-refractivity contribution in [1.82, 2.24) is 19.7 Å². The maximum atomic E-state index is 13.7. The number of hydrogen-bond donors (Lipinski definition) is 1. The van der Waals surface area contributed by atoms with Gasteiger partial charge in [-0.25, -0.2) is 19.4 Å². The first-order valence-electron chi connectivity index (χ1n) is 13.0. The van der Waals surface area contributed by atoms with Crippen LogP contribution in [0.15, 0.2) is 58.3 Å². The van der Waals surface area contributed by atoms with Gasteiger partial charge in [0.1, 0.15) is 16.1 Å². The number of nitrogens with zero attached hydrogens (tertiary/aromatic N) is 3. The highest BCUT2D eigenvalue weighted by Crippen LogP contribution is 2.45. The second-order valence-corrected chi connectivity index (χ2v) is 12.5. The van der Waals surface area contributed by atoms with Gasteiger partial charge in [0.15, 0.2) is 0 Å². The Balaban J connectivity index is 1.60. The molecule has 1 saturated heterocycles. The van der Waals surface area contributed by atoms with E-state index in [-0.39, 0.29) is 39.6 Å². The third kappa shape index (κ3) is 5.16. The molecule has 5 rings (SSSR count). The summed E-state index contributed by atoms with van der Waals surface area (Å²) in [6.07, 6.45) is 1.23. The van der Waals surface area contributed by atoms with E-state index in [1.807, 2.05) is 58.0 Å². The van der Waals surface area contributed by atoms with Crippen LogP contribution >= 0.6 is 34.5 Å². The number of aromatic amines is 1. The fourth-order valence-electron chi connectivity index (χ4n) is 4.91. The fourth-order valence-corrected chi connectivity index (χ4v) is 6.93. The summed E-state index contributed by atoms with van der Waals surface area (Å²) in [6, 6.07) is 12.2. The molecular formula is C29H26Cl2N4O6S. The van der Waals surface area contributed by atoms with Gasteiger partial charge in [0, 0.05) is 38.9 Å². The Morgan fingerprint density at radius 1 is 1.14 bits per heavy atom. The number of carbonyl (C=O) groups excluding carboxylic acids is 2. The lowest BCUT2D eigenvalue weighted by atomic mass is 9.85. The molecule has 218 valence electrons. The van der Waals surface area contributed by atoms with E-state index in [1.165, 1.54) is 12.1 Å². The van der Waals surface area contributed by atoms with Gasteiger partial charge in [-0.3, -0.25) is 9.78 Å². The van der Waals surface area contributed by atoms with Gasteiger partial charge >= 0.3 is 17.6 Å². The van der Waals surface area contributed by atoms with Gasteiger partial charge in [-0.05, 0) is 26.0 Å². The van der Waals surface area contributed by atoms with Crippen LogP contribution < -0.4 is 11.2 Å². The minimum atomic E-state index is -1.39. The Bertz CT molecular complexity index is 1790. The van der Waals surface area contributed by atoms with Crippen LogP contribution in [0, 0.1) is 5.92 Å². The van der Waals surface area contributed by atoms with Gasteiger partial charge in [-0.2, -0.15) is 9.78 Å². The smallest absolute Gasteiger partial charge is 0.351 e. The molecule has 0 aliphatic carbocycles. The number of aromatic nitrogens is 4. The minimum absolute atomic E-state index is 0.171. The van der Waals surface area contributed by atoms with E-state index in [4.69, 9.17) is 37.7 Å². The summed E-state index contributed by atoms with van der Waals surface area (Å²) in [5.41, 5.74) is -1.87. The third-order valence-electron chi connectivity index (χ3n) is 7.26. The van der Waals surface area contributed by atoms with E-state index >= 15 is 0 Å². The third-order valence-corrected chi connectivity index (χ3v) is 9.22. The standard InChI is InChI=1S/C29H26Cl2N4O6S/c1-15(2)29(10-11-40-26(29)38)41-24(37)23-22(16-8-6-5-7-9-16)34-25(42-23)28(3,4)21-18(30)12-17(13-19(21)31)35-27(39)33-20(36)14-32-35/h5-9,12-15H,10-11H2,1-4H3,(H,33,36,39). The highest BCUT2D eigenvalue weighted by atomic mass is 35.5. The number of carbonyl (C=O) groups is 2. The summed E-state index contributed by atoms with van der Waals surface area (Å²) in [6.45, 7) is 7.51. The van der Waals surface area contributed by atoms with Gasteiger partial charge in [0.25, 0.3) is 5.56 Å². The van der Waals surface area contributed by atoms with E-state index in [1.54, 1.807) is 0 Å². The SMILES string of the molecule is CC(C)C1(OC(=O)c2sc(C(C)(C)c3c(Cl)cc(-n4ncc(=O)[nH]c4=O)cc3Cl)nc2-c2ccccc2)CCOC1=O. The molecule has 2 aromatic carbocycles. The van der Waals surface area contributed by atoms with Crippen molar-refractivity contribution in [1.29, 1.82) is 0 Å². The molecule has 0 radical (unpaired) electrons. The second kappa shape index (κ2) is 11.1. The molecule has 0 amide bonds. The lowest BCUT2D eigenvalue weighted by molar-refractivity contribution is -0.157. The number of ether oxygens (including phenoxy) is 2. The number of thiazole rings is 1. The summed E-state index contributed by atoms with van der Waals surface area (Å²) in [5.74, 6) is -1.55. The van der Waals surface area contributed by atoms with Crippen LogP contribution in [0.5, 0.6) is 0 Å². The van der Waals surface area contributed by atoms with Crippen molar-refractivity contribution in [2.75, 3.05) is 6.61 Å². The number of benzene rings is 2. The van der Waals surface area contributed by atoms with Crippen LogP contribution in [0.3, 0.4) is 0 Å². The highest BCUT2D eigenvalue weighted by molar-refractivity contribution is 7.14. The summed E-state index contributed by atoms with van der Waals surface area (Å²) in [7, 11) is 0. The number of rotatable bonds is 7. The van der Waals surface area contributed by atoms with Crippen molar-refractivity contribution in [3.05, 3.63) is 95.0 Å². The minimum Gasteiger partial charge on any atom is -0.463 e. The van der Waals surface area contributed by atoms with Crippen molar-refractivity contribution < 1.29 is 19.1 Å². The number of nitrogens with one attached hydrogen (secondary N) is 1. The summed E-state index contributed by atoms with van der Waals surface area (Å²) < 4.78 is 12.1. The zero-order valence-corrected chi connectivity index (χ0v) is 25.4. The van der Waals surface area contributed by atoms with Crippen LogP contribution in [-0.2, 0) is 19.7 Å². The number of halogens is 2. The Morgan fingerprint density at radius 2 is 1.81 bits per heavy atom. The van der Waals surface area contributed by atoms with E-state index in [9.17, 15) is 19.2 Å². The van der Waals surface area contributed by atoms with E-state index in [0.29, 0.717) is 21.8 Å². The Kier molecular flexibility index (Phi) is 7.86. The maximum Gasteiger partial charge on any atom is 0.351 e. The first-order valence-corrected chi connectivity index (χ1v) is 14.6. The zero-order valence-electron chi connectivity index (χ0n) is 23.1. The molecule has 42 heavy (non-hydrogen) atoms. The molecule has 0 bridgehead atoms. The topological polar surface area (TPSA) is 133 Å². The monoisotopic (exact) mass is 628 g/mol. The first-order chi connectivity index (χ1) is 19.8. The first kappa shape index (κ1) is 29.7. The molecule has 0 spiro atoms. The summed E-state index contributed by atoms with van der Waals surface area (Å²) in [4.78, 5) is 57.4. The molecule has 1 N–H and O–H groups in total. The molecular weight excluding hydrogens is 603 g/mol. The predicted molar refractivity (Wildman–Crippen MR) is 159 cm³/mol. The van der Waals surface area contributed by atoms with Crippen LogP contribution in [0.4, 0.5) is 0 Å². The fraction of sp³-hybridized carbons (Fsp3) is 0.310. The van der Waals surface area contributed by atoms with Gasteiger partial charge in [-0.15, -0.1) is 11.3 Å². The lowest BCUT2D eigenvalue weighted by Crippen LogP contribution is -2.44. The number of cyclic esters (lactones) is 1. The van der Waals surface area contributed by atoms with E-state index in [0.717, 1.165) is 22.2 Å². The molecule has 1 aliphatic heterocycles. The predicted octanol–water partition coefficient (Wildman–Crippen LogP) is 5.18. The highest BCUT2D eigenvalue weighted by Gasteiger charge is 2.51. The van der Waals surface area contributed by atoms with Crippen LogP contribution in [0.25, 0.3) is 16.9 Å². The normalized spacial score (nSPS) is 17.0. The molecule has 10 nitrogen and oxygen atoms in total. The van der Waals surface area contributed by atoms with Crippen LogP contribution in [0.1, 0.15) is 54.4 Å². The number of hydrogen-bond acceptors (Lipinski definition) is 9. The van der Waals surface area contributed by atoms with Gasteiger partial charge in [0.2, 0.25) is 5.60 Å². The van der Waals surface area contributed by atoms with Crippen LogP contribution in [0.2, 0.25) is 10.0 Å². The lowest BCUT2D eigenvalue weighted by Gasteiger charge is -2.28. The molecule has 13 heteroatoms. The molecule has 1 aliphatic rings. The quantitative estimate of drug-likeness (QED) is 0.277. The molecule has 1 atom stereocenters. The van der Waals surface area contributed by atoms with Crippen molar-refractivity contribution in [3.63, 3.8) is 0 Å². The summed E-state index contributed by atoms with van der Waals surface area (Å²) in [5, 5.41) is 4.81. The zero-order chi connectivity index (χ0) is 30.4. The van der Waals surface area contributed by atoms with E-state index in [2.05, 4.69) is 10.1 Å². The van der Waals surface area contributed by atoms with Crippen molar-refractivity contribution in [2.45, 2.75) is 45.1 Å². The maximum absolute atomic E-state index is 13.7. The Hall–Kier alpha value is -3.80. The van der Waals surface area contributed by atoms with Crippen LogP contribution in [-0.4, -0.2) is 43.9 Å². The van der Waals surface area contributed by atoms with Gasteiger partial charge < -0.3 is 9.47 Å². The number of H-pyrrole nitrogens is 1. The average molecular weight is 630 g/mol. The summed E-state index contributed by atoms with van der Waals surface area (Å²) >= 11 is 14.6. The Labute approximate surface area is 254 Å². The molecule has 2 aromatic heterocycles. The van der Waals surface area contributed by atoms with Crippen molar-refractivity contribution in [2.24, 2.45) is 5.92 Å². The van der Waals surface area contributed by atoms with Crippen molar-refractivity contribution in [3.8, 4) is 16.9 Å². The van der Waals surface area contributed by atoms with Crippen molar-refractivity contribution >= 4 is 46.5 Å². The molecule has 0 saturated carbocycles. The van der Waals surface area contributed by atoms with E-state index < -0.39 is 34.2 Å².